The molecule has 4 atom stereocenters. The predicted octanol–water partition coefficient (Wildman–Crippen LogP) is 5.65. The van der Waals surface area contributed by atoms with Crippen LogP contribution in [0.5, 0.6) is 0 Å². The maximum Gasteiger partial charge on any atom is 0.325 e. The second kappa shape index (κ2) is 16.3. The van der Waals surface area contributed by atoms with Crippen LogP contribution in [-0.2, 0) is 64.5 Å². The molecule has 10 heteroatoms. The van der Waals surface area contributed by atoms with Crippen molar-refractivity contribution in [3.63, 3.8) is 0 Å². The van der Waals surface area contributed by atoms with Gasteiger partial charge in [-0.25, -0.2) is 0 Å². The zero-order valence-corrected chi connectivity index (χ0v) is 25.8. The minimum absolute atomic E-state index is 0.0812. The van der Waals surface area contributed by atoms with Gasteiger partial charge >= 0.3 is 10.1 Å². The normalized spacial score (nSPS) is 20.9. The molecule has 0 saturated carbocycles. The lowest BCUT2D eigenvalue weighted by Crippen LogP contribution is -2.59. The van der Waals surface area contributed by atoms with Crippen LogP contribution in [0.25, 0.3) is 0 Å². The number of hydrogen-bond acceptors (Lipinski definition) is 9. The summed E-state index contributed by atoms with van der Waals surface area (Å²) in [6.45, 7) is 1.12. The Bertz CT molecular complexity index is 1570. The summed E-state index contributed by atoms with van der Waals surface area (Å²) in [5, 5.41) is 3.91. The summed E-state index contributed by atoms with van der Waals surface area (Å²) in [4.78, 5) is 0. The van der Waals surface area contributed by atoms with E-state index in [-0.39, 0.29) is 32.3 Å². The van der Waals surface area contributed by atoms with Crippen LogP contribution >= 0.6 is 0 Å². The lowest BCUT2D eigenvalue weighted by Gasteiger charge is -2.42. The van der Waals surface area contributed by atoms with Gasteiger partial charge in [0, 0.05) is 0 Å². The number of benzene rings is 4. The maximum absolute atomic E-state index is 12.0. The van der Waals surface area contributed by atoms with Crippen LogP contribution in [-0.4, -0.2) is 51.6 Å². The molecule has 9 nitrogen and oxygen atoms in total. The molecule has 1 aliphatic heterocycles. The smallest absolute Gasteiger partial charge is 0.325 e. The van der Waals surface area contributed by atoms with Gasteiger partial charge in [-0.2, -0.15) is 8.42 Å². The predicted molar refractivity (Wildman–Crippen MR) is 169 cm³/mol. The SMILES string of the molecule is CS(=O)(=O)O/N=C1\O[C@H](COCc2ccccc2)[C@@H](OCc2ccccc2)[C@H](OCc2ccccc2)[C@@H]1OCc1ccccc1. The van der Waals surface area contributed by atoms with Gasteiger partial charge in [-0.1, -0.05) is 121 Å². The number of ether oxygens (including phenoxy) is 5. The number of nitrogens with zero attached hydrogens (tertiary/aromatic N) is 1. The first-order chi connectivity index (χ1) is 21.9. The summed E-state index contributed by atoms with van der Waals surface area (Å²) in [7, 11) is -3.94. The molecule has 0 N–H and O–H groups in total. The largest absolute Gasteiger partial charge is 0.468 e. The first-order valence-corrected chi connectivity index (χ1v) is 16.5. The molecule has 0 bridgehead atoms. The van der Waals surface area contributed by atoms with Gasteiger partial charge in [0.25, 0.3) is 5.90 Å². The van der Waals surface area contributed by atoms with Gasteiger partial charge in [0.05, 0.1) is 39.3 Å². The van der Waals surface area contributed by atoms with E-state index in [0.29, 0.717) is 6.61 Å². The van der Waals surface area contributed by atoms with E-state index in [1.54, 1.807) is 0 Å². The van der Waals surface area contributed by atoms with E-state index in [4.69, 9.17) is 28.0 Å². The lowest BCUT2D eigenvalue weighted by atomic mass is 9.98. The van der Waals surface area contributed by atoms with Crippen molar-refractivity contribution in [3.8, 4) is 0 Å². The molecule has 4 aromatic carbocycles. The molecule has 4 aromatic rings. The summed E-state index contributed by atoms with van der Waals surface area (Å²) >= 11 is 0. The van der Waals surface area contributed by atoms with E-state index < -0.39 is 34.5 Å². The first kappa shape index (κ1) is 32.3. The number of oxime groups is 1. The third-order valence-electron chi connectivity index (χ3n) is 7.00. The molecule has 1 saturated heterocycles. The van der Waals surface area contributed by atoms with Gasteiger partial charge in [0.1, 0.15) is 12.2 Å². The Morgan fingerprint density at radius 1 is 0.600 bits per heavy atom. The summed E-state index contributed by atoms with van der Waals surface area (Å²) < 4.78 is 60.7. The highest BCUT2D eigenvalue weighted by atomic mass is 32.2. The van der Waals surface area contributed by atoms with Gasteiger partial charge in [-0.15, -0.1) is 0 Å². The summed E-state index contributed by atoms with van der Waals surface area (Å²) in [6, 6.07) is 38.8. The zero-order chi connectivity index (χ0) is 31.3. The Balaban J connectivity index is 1.47. The molecule has 0 amide bonds. The van der Waals surface area contributed by atoms with Gasteiger partial charge in [0.2, 0.25) is 0 Å². The number of hydrogen-bond donors (Lipinski definition) is 0. The van der Waals surface area contributed by atoms with Gasteiger partial charge < -0.3 is 23.7 Å². The molecule has 236 valence electrons. The summed E-state index contributed by atoms with van der Waals surface area (Å²) in [5.41, 5.74) is 3.79. The molecule has 1 aliphatic rings. The Morgan fingerprint density at radius 2 is 1.02 bits per heavy atom. The third kappa shape index (κ3) is 10.2. The fraction of sp³-hybridized carbons (Fsp3) is 0.286. The quantitative estimate of drug-likeness (QED) is 0.155. The van der Waals surface area contributed by atoms with E-state index in [9.17, 15) is 8.42 Å². The zero-order valence-electron chi connectivity index (χ0n) is 25.0. The van der Waals surface area contributed by atoms with Crippen molar-refractivity contribution in [2.24, 2.45) is 5.16 Å². The van der Waals surface area contributed by atoms with Crippen molar-refractivity contribution in [2.45, 2.75) is 50.8 Å². The maximum atomic E-state index is 12.0. The minimum atomic E-state index is -3.94. The molecule has 5 rings (SSSR count). The second-order valence-corrected chi connectivity index (χ2v) is 12.2. The van der Waals surface area contributed by atoms with Crippen molar-refractivity contribution in [3.05, 3.63) is 144 Å². The molecule has 0 radical (unpaired) electrons. The molecular weight excluding hydrogens is 594 g/mol. The number of rotatable bonds is 15. The summed E-state index contributed by atoms with van der Waals surface area (Å²) in [5.74, 6) is -0.0812. The third-order valence-corrected chi connectivity index (χ3v) is 7.35. The van der Waals surface area contributed by atoms with Gasteiger partial charge in [-0.05, 0) is 27.4 Å². The van der Waals surface area contributed by atoms with E-state index >= 15 is 0 Å². The Morgan fingerprint density at radius 3 is 1.49 bits per heavy atom. The van der Waals surface area contributed by atoms with Crippen LogP contribution in [0, 0.1) is 0 Å². The van der Waals surface area contributed by atoms with E-state index in [2.05, 4.69) is 5.16 Å². The molecular formula is C35H37NO8S. The molecule has 0 aliphatic carbocycles. The van der Waals surface area contributed by atoms with Gasteiger partial charge in [0.15, 0.2) is 12.2 Å². The lowest BCUT2D eigenvalue weighted by molar-refractivity contribution is -0.197. The highest BCUT2D eigenvalue weighted by Gasteiger charge is 2.48. The Kier molecular flexibility index (Phi) is 11.7. The molecule has 1 fully saturated rings. The average Bonchev–Trinajstić information content (AvgIpc) is 3.06. The molecule has 45 heavy (non-hydrogen) atoms. The Labute approximate surface area is 264 Å². The molecule has 0 aromatic heterocycles. The van der Waals surface area contributed by atoms with Crippen LogP contribution < -0.4 is 0 Å². The second-order valence-electron chi connectivity index (χ2n) is 10.6. The fourth-order valence-electron chi connectivity index (χ4n) is 4.83. The minimum Gasteiger partial charge on any atom is -0.468 e. The van der Waals surface area contributed by atoms with Crippen molar-refractivity contribution >= 4 is 16.0 Å². The van der Waals surface area contributed by atoms with Crippen molar-refractivity contribution in [1.82, 2.24) is 0 Å². The van der Waals surface area contributed by atoms with Crippen LogP contribution in [0.3, 0.4) is 0 Å². The van der Waals surface area contributed by atoms with Crippen LogP contribution in [0.2, 0.25) is 0 Å². The van der Waals surface area contributed by atoms with Crippen molar-refractivity contribution in [1.29, 1.82) is 0 Å². The van der Waals surface area contributed by atoms with E-state index in [1.165, 1.54) is 0 Å². The summed E-state index contributed by atoms with van der Waals surface area (Å²) in [6.07, 6.45) is -2.27. The molecule has 1 heterocycles. The fourth-order valence-corrected chi connectivity index (χ4v) is 5.04. The topological polar surface area (TPSA) is 102 Å². The van der Waals surface area contributed by atoms with Crippen LogP contribution in [0.15, 0.2) is 126 Å². The highest BCUT2D eigenvalue weighted by molar-refractivity contribution is 7.85. The highest BCUT2D eigenvalue weighted by Crippen LogP contribution is 2.29. The standard InChI is InChI=1S/C35H37NO8S/c1-45(37,38)44-36-35-34(42-25-30-20-12-5-13-21-30)33(41-24-29-18-10-4-11-19-29)32(40-23-28-16-8-3-9-17-28)31(43-35)26-39-22-27-14-6-2-7-15-27/h2-21,31-34H,22-26H2,1H3/b36-35-/t31-,32-,33+,34+/m1/s1. The van der Waals surface area contributed by atoms with Crippen molar-refractivity contribution < 1.29 is 36.4 Å². The van der Waals surface area contributed by atoms with Crippen molar-refractivity contribution in [2.75, 3.05) is 12.9 Å². The van der Waals surface area contributed by atoms with E-state index in [1.807, 2.05) is 121 Å². The Hall–Kier alpha value is -4.06. The van der Waals surface area contributed by atoms with Gasteiger partial charge in [-0.3, -0.25) is 4.28 Å². The van der Waals surface area contributed by atoms with Crippen LogP contribution in [0.1, 0.15) is 22.3 Å². The van der Waals surface area contributed by atoms with E-state index in [0.717, 1.165) is 28.5 Å². The first-order valence-electron chi connectivity index (χ1n) is 14.7. The average molecular weight is 632 g/mol. The van der Waals surface area contributed by atoms with Crippen LogP contribution in [0.4, 0.5) is 0 Å². The molecule has 0 unspecified atom stereocenters. The monoisotopic (exact) mass is 631 g/mol. The molecule has 0 spiro atoms.